The normalized spacial score (nSPS) is 11.1. The summed E-state index contributed by atoms with van der Waals surface area (Å²) in [6.07, 6.45) is 2.40. The van der Waals surface area contributed by atoms with Crippen LogP contribution in [0.3, 0.4) is 0 Å². The molecular formula is C19H28N4O. The number of hydrogen-bond donors (Lipinski definition) is 1. The predicted molar refractivity (Wildman–Crippen MR) is 98.1 cm³/mol. The Kier molecular flexibility index (Phi) is 6.15. The third-order valence-electron chi connectivity index (χ3n) is 4.54. The highest BCUT2D eigenvalue weighted by molar-refractivity contribution is 5.91. The fraction of sp³-hybridized carbons (Fsp3) is 0.474. The van der Waals surface area contributed by atoms with Gasteiger partial charge in [-0.05, 0) is 51.9 Å². The maximum absolute atomic E-state index is 12.2. The van der Waals surface area contributed by atoms with Crippen molar-refractivity contribution in [2.75, 3.05) is 18.9 Å². The summed E-state index contributed by atoms with van der Waals surface area (Å²) in [5.74, 6) is 0.0523. The molecule has 130 valence electrons. The van der Waals surface area contributed by atoms with Gasteiger partial charge in [-0.15, -0.1) is 0 Å². The van der Waals surface area contributed by atoms with Crippen LogP contribution in [0.25, 0.3) is 0 Å². The molecule has 2 aromatic rings. The summed E-state index contributed by atoms with van der Waals surface area (Å²) in [5.41, 5.74) is 5.64. The van der Waals surface area contributed by atoms with Gasteiger partial charge in [0.25, 0.3) is 0 Å². The van der Waals surface area contributed by atoms with Gasteiger partial charge in [0, 0.05) is 43.0 Å². The largest absolute Gasteiger partial charge is 0.326 e. The molecule has 1 N–H and O–H groups in total. The number of benzene rings is 1. The number of aryl methyl sites for hydroxylation is 2. The van der Waals surface area contributed by atoms with Crippen LogP contribution in [0, 0.1) is 20.8 Å². The number of aromatic nitrogens is 2. The van der Waals surface area contributed by atoms with Crippen LogP contribution in [0.4, 0.5) is 5.69 Å². The number of hydrogen-bond acceptors (Lipinski definition) is 3. The molecule has 0 radical (unpaired) electrons. The first-order valence-corrected chi connectivity index (χ1v) is 8.48. The van der Waals surface area contributed by atoms with Gasteiger partial charge in [0.2, 0.25) is 5.91 Å². The lowest BCUT2D eigenvalue weighted by Crippen LogP contribution is -2.24. The van der Waals surface area contributed by atoms with Gasteiger partial charge < -0.3 is 10.2 Å². The van der Waals surface area contributed by atoms with E-state index in [1.54, 1.807) is 0 Å². The number of anilines is 1. The molecule has 0 unspecified atom stereocenters. The lowest BCUT2D eigenvalue weighted by atomic mass is 10.1. The van der Waals surface area contributed by atoms with E-state index in [0.717, 1.165) is 24.3 Å². The third kappa shape index (κ3) is 4.45. The maximum atomic E-state index is 12.2. The molecule has 0 aliphatic rings. The van der Waals surface area contributed by atoms with Crippen LogP contribution < -0.4 is 5.32 Å². The number of carbonyl (C=O) groups is 1. The Morgan fingerprint density at radius 3 is 2.71 bits per heavy atom. The summed E-state index contributed by atoms with van der Waals surface area (Å²) in [5, 5.41) is 7.38. The van der Waals surface area contributed by atoms with Crippen LogP contribution in [-0.4, -0.2) is 34.2 Å². The van der Waals surface area contributed by atoms with Gasteiger partial charge in [-0.1, -0.05) is 12.1 Å². The lowest BCUT2D eigenvalue weighted by Gasteiger charge is -2.17. The number of nitrogens with one attached hydrogen (secondary N) is 1. The van der Waals surface area contributed by atoms with E-state index in [-0.39, 0.29) is 5.91 Å². The predicted octanol–water partition coefficient (Wildman–Crippen LogP) is 3.29. The Bertz CT molecular complexity index is 705. The van der Waals surface area contributed by atoms with E-state index in [0.29, 0.717) is 13.0 Å². The summed E-state index contributed by atoms with van der Waals surface area (Å²) in [6, 6.07) is 5.97. The van der Waals surface area contributed by atoms with E-state index in [4.69, 9.17) is 0 Å². The summed E-state index contributed by atoms with van der Waals surface area (Å²) in [6.45, 7) is 10.7. The van der Waals surface area contributed by atoms with Crippen molar-refractivity contribution < 1.29 is 4.79 Å². The van der Waals surface area contributed by atoms with Crippen molar-refractivity contribution in [3.63, 3.8) is 0 Å². The Morgan fingerprint density at radius 1 is 1.29 bits per heavy atom. The smallest absolute Gasteiger partial charge is 0.225 e. The van der Waals surface area contributed by atoms with E-state index in [2.05, 4.69) is 42.2 Å². The Morgan fingerprint density at radius 2 is 2.04 bits per heavy atom. The number of carbonyl (C=O) groups excluding carboxylic acids is 1. The molecule has 0 saturated heterocycles. The van der Waals surface area contributed by atoms with Gasteiger partial charge in [-0.2, -0.15) is 5.10 Å². The van der Waals surface area contributed by atoms with Crippen LogP contribution in [0.5, 0.6) is 0 Å². The van der Waals surface area contributed by atoms with E-state index in [1.807, 2.05) is 37.0 Å². The summed E-state index contributed by atoms with van der Waals surface area (Å²) < 4.78 is 2.00. The van der Waals surface area contributed by atoms with Gasteiger partial charge >= 0.3 is 0 Å². The SMILES string of the molecule is CCn1ncc(CN(C)CCC(=O)Nc2cccc(C)c2C)c1C. The molecule has 5 heteroatoms. The van der Waals surface area contributed by atoms with Crippen molar-refractivity contribution in [3.05, 3.63) is 46.8 Å². The highest BCUT2D eigenvalue weighted by Crippen LogP contribution is 2.18. The lowest BCUT2D eigenvalue weighted by molar-refractivity contribution is -0.116. The first-order valence-electron chi connectivity index (χ1n) is 8.48. The van der Waals surface area contributed by atoms with Gasteiger partial charge in [0.15, 0.2) is 0 Å². The van der Waals surface area contributed by atoms with Crippen molar-refractivity contribution in [1.29, 1.82) is 0 Å². The first kappa shape index (κ1) is 18.2. The second-order valence-corrected chi connectivity index (χ2v) is 6.35. The minimum Gasteiger partial charge on any atom is -0.326 e. The van der Waals surface area contributed by atoms with Crippen LogP contribution >= 0.6 is 0 Å². The standard InChI is InChI=1S/C19H28N4O/c1-6-23-16(4)17(12-20-23)13-22(5)11-10-19(24)21-18-9-7-8-14(2)15(18)3/h7-9,12H,6,10-11,13H2,1-5H3,(H,21,24). The molecule has 1 heterocycles. The Balaban J connectivity index is 1.84. The average Bonchev–Trinajstić information content (AvgIpc) is 2.90. The highest BCUT2D eigenvalue weighted by Gasteiger charge is 2.11. The Hall–Kier alpha value is -2.14. The monoisotopic (exact) mass is 328 g/mol. The zero-order valence-electron chi connectivity index (χ0n) is 15.4. The van der Waals surface area contributed by atoms with Gasteiger partial charge in [-0.3, -0.25) is 9.48 Å². The second-order valence-electron chi connectivity index (χ2n) is 6.35. The van der Waals surface area contributed by atoms with Crippen LogP contribution in [0.15, 0.2) is 24.4 Å². The molecule has 0 fully saturated rings. The fourth-order valence-corrected chi connectivity index (χ4v) is 2.72. The third-order valence-corrected chi connectivity index (χ3v) is 4.54. The molecule has 1 amide bonds. The van der Waals surface area contributed by atoms with Crippen molar-refractivity contribution in [3.8, 4) is 0 Å². The molecule has 1 aromatic heterocycles. The van der Waals surface area contributed by atoms with Crippen molar-refractivity contribution in [1.82, 2.24) is 14.7 Å². The van der Waals surface area contributed by atoms with Gasteiger partial charge in [0.05, 0.1) is 6.20 Å². The second kappa shape index (κ2) is 8.11. The Labute approximate surface area is 144 Å². The molecule has 0 saturated carbocycles. The number of nitrogens with zero attached hydrogens (tertiary/aromatic N) is 3. The van der Waals surface area contributed by atoms with E-state index >= 15 is 0 Å². The maximum Gasteiger partial charge on any atom is 0.225 e. The topological polar surface area (TPSA) is 50.2 Å². The molecule has 1 aromatic carbocycles. The van der Waals surface area contributed by atoms with Gasteiger partial charge in [0.1, 0.15) is 0 Å². The molecule has 0 aliphatic carbocycles. The summed E-state index contributed by atoms with van der Waals surface area (Å²) in [4.78, 5) is 14.4. The molecule has 0 atom stereocenters. The molecule has 0 bridgehead atoms. The molecular weight excluding hydrogens is 300 g/mol. The molecule has 2 rings (SSSR count). The summed E-state index contributed by atoms with van der Waals surface area (Å²) in [7, 11) is 2.04. The van der Waals surface area contributed by atoms with Crippen molar-refractivity contribution >= 4 is 11.6 Å². The number of rotatable bonds is 7. The quantitative estimate of drug-likeness (QED) is 0.848. The zero-order chi connectivity index (χ0) is 17.7. The van der Waals surface area contributed by atoms with E-state index < -0.39 is 0 Å². The van der Waals surface area contributed by atoms with E-state index in [9.17, 15) is 4.79 Å². The fourth-order valence-electron chi connectivity index (χ4n) is 2.72. The van der Waals surface area contributed by atoms with E-state index in [1.165, 1.54) is 16.8 Å². The highest BCUT2D eigenvalue weighted by atomic mass is 16.1. The van der Waals surface area contributed by atoms with Crippen molar-refractivity contribution in [2.45, 2.75) is 47.2 Å². The van der Waals surface area contributed by atoms with Crippen molar-refractivity contribution in [2.24, 2.45) is 0 Å². The van der Waals surface area contributed by atoms with Gasteiger partial charge in [-0.25, -0.2) is 0 Å². The average molecular weight is 328 g/mol. The number of amides is 1. The van der Waals surface area contributed by atoms with Crippen LogP contribution in [-0.2, 0) is 17.9 Å². The zero-order valence-corrected chi connectivity index (χ0v) is 15.4. The minimum absolute atomic E-state index is 0.0523. The van der Waals surface area contributed by atoms with Crippen LogP contribution in [0.2, 0.25) is 0 Å². The molecule has 0 aliphatic heterocycles. The van der Waals surface area contributed by atoms with Crippen LogP contribution in [0.1, 0.15) is 35.7 Å². The minimum atomic E-state index is 0.0523. The molecule has 5 nitrogen and oxygen atoms in total. The first-order chi connectivity index (χ1) is 11.4. The summed E-state index contributed by atoms with van der Waals surface area (Å²) >= 11 is 0. The molecule has 24 heavy (non-hydrogen) atoms. The molecule has 0 spiro atoms.